The van der Waals surface area contributed by atoms with Gasteiger partial charge in [0.1, 0.15) is 17.6 Å². The standard InChI is InChI=1S/C13H8N4O/c14-5-9(6-15)13(10(7-16)8-17)11-3-1-2-4-12(11)18/h1-4,9-10,13,18H. The third-order valence-corrected chi connectivity index (χ3v) is 2.57. The molecule has 0 aliphatic carbocycles. The molecule has 1 rings (SSSR count). The zero-order valence-electron chi connectivity index (χ0n) is 9.28. The van der Waals surface area contributed by atoms with Gasteiger partial charge in [0, 0.05) is 11.5 Å². The molecule has 0 fully saturated rings. The van der Waals surface area contributed by atoms with Crippen LogP contribution in [0.2, 0.25) is 0 Å². The van der Waals surface area contributed by atoms with Crippen LogP contribution in [0.3, 0.4) is 0 Å². The minimum absolute atomic E-state index is 0.131. The van der Waals surface area contributed by atoms with Gasteiger partial charge in [0.25, 0.3) is 0 Å². The zero-order valence-corrected chi connectivity index (χ0v) is 9.28. The molecule has 1 aromatic carbocycles. The van der Waals surface area contributed by atoms with Crippen molar-refractivity contribution < 1.29 is 5.11 Å². The molecule has 0 saturated carbocycles. The Morgan fingerprint density at radius 3 is 1.67 bits per heavy atom. The van der Waals surface area contributed by atoms with E-state index in [2.05, 4.69) is 0 Å². The average molecular weight is 236 g/mol. The molecule has 1 N–H and O–H groups in total. The quantitative estimate of drug-likeness (QED) is 0.858. The van der Waals surface area contributed by atoms with E-state index in [4.69, 9.17) is 21.0 Å². The number of nitriles is 4. The molecule has 5 nitrogen and oxygen atoms in total. The van der Waals surface area contributed by atoms with Crippen molar-refractivity contribution in [2.75, 3.05) is 0 Å². The smallest absolute Gasteiger partial charge is 0.142 e. The summed E-state index contributed by atoms with van der Waals surface area (Å²) in [4.78, 5) is 0. The Morgan fingerprint density at radius 1 is 0.833 bits per heavy atom. The summed E-state index contributed by atoms with van der Waals surface area (Å²) in [6, 6.07) is 13.1. The lowest BCUT2D eigenvalue weighted by molar-refractivity contribution is 0.446. The molecule has 0 aliphatic rings. The Morgan fingerprint density at radius 2 is 1.28 bits per heavy atom. The maximum absolute atomic E-state index is 9.72. The summed E-state index contributed by atoms with van der Waals surface area (Å²) < 4.78 is 0. The highest BCUT2D eigenvalue weighted by atomic mass is 16.3. The Kier molecular flexibility index (Phi) is 4.28. The minimum atomic E-state index is -1.16. The Bertz CT molecular complexity index is 537. The molecule has 1 aromatic rings. The Hall–Kier alpha value is -3.02. The van der Waals surface area contributed by atoms with Crippen LogP contribution in [0.1, 0.15) is 11.5 Å². The molecule has 86 valence electrons. The largest absolute Gasteiger partial charge is 0.508 e. The highest BCUT2D eigenvalue weighted by Gasteiger charge is 2.33. The van der Waals surface area contributed by atoms with Crippen molar-refractivity contribution in [1.29, 1.82) is 21.0 Å². The van der Waals surface area contributed by atoms with Crippen molar-refractivity contribution in [2.45, 2.75) is 5.92 Å². The first-order valence-corrected chi connectivity index (χ1v) is 5.06. The first-order valence-electron chi connectivity index (χ1n) is 5.06. The summed E-state index contributed by atoms with van der Waals surface area (Å²) in [7, 11) is 0. The summed E-state index contributed by atoms with van der Waals surface area (Å²) in [5.41, 5.74) is 0.263. The summed E-state index contributed by atoms with van der Waals surface area (Å²) in [5, 5.41) is 45.4. The molecule has 0 aliphatic heterocycles. The lowest BCUT2D eigenvalue weighted by atomic mass is 9.78. The first-order chi connectivity index (χ1) is 8.69. The van der Waals surface area contributed by atoms with Gasteiger partial charge < -0.3 is 5.11 Å². The minimum Gasteiger partial charge on any atom is -0.508 e. The van der Waals surface area contributed by atoms with E-state index in [9.17, 15) is 5.11 Å². The summed E-state index contributed by atoms with van der Waals surface area (Å²) in [6.45, 7) is 0. The first kappa shape index (κ1) is 13.0. The molecule has 0 saturated heterocycles. The molecule has 0 spiro atoms. The molecule has 5 heteroatoms. The van der Waals surface area contributed by atoms with Gasteiger partial charge in [-0.15, -0.1) is 0 Å². The highest BCUT2D eigenvalue weighted by molar-refractivity contribution is 5.40. The number of rotatable bonds is 3. The monoisotopic (exact) mass is 236 g/mol. The second-order valence-corrected chi connectivity index (χ2v) is 3.56. The van der Waals surface area contributed by atoms with Gasteiger partial charge in [-0.3, -0.25) is 0 Å². The molecule has 0 unspecified atom stereocenters. The normalized spacial score (nSPS) is 9.50. The van der Waals surface area contributed by atoms with E-state index in [1.54, 1.807) is 36.4 Å². The molecule has 0 bridgehead atoms. The third-order valence-electron chi connectivity index (χ3n) is 2.57. The predicted molar refractivity (Wildman–Crippen MR) is 60.3 cm³/mol. The van der Waals surface area contributed by atoms with Gasteiger partial charge in [-0.1, -0.05) is 18.2 Å². The van der Waals surface area contributed by atoms with Crippen LogP contribution < -0.4 is 0 Å². The van der Waals surface area contributed by atoms with Crippen LogP contribution in [-0.4, -0.2) is 5.11 Å². The van der Waals surface area contributed by atoms with Crippen molar-refractivity contribution in [3.63, 3.8) is 0 Å². The number of hydrogen-bond donors (Lipinski definition) is 1. The molecular weight excluding hydrogens is 228 g/mol. The fourth-order valence-corrected chi connectivity index (χ4v) is 1.70. The second-order valence-electron chi connectivity index (χ2n) is 3.56. The van der Waals surface area contributed by atoms with Crippen LogP contribution in [0.25, 0.3) is 0 Å². The maximum atomic E-state index is 9.72. The Labute approximate surface area is 104 Å². The average Bonchev–Trinajstić information content (AvgIpc) is 2.40. The molecule has 0 aromatic heterocycles. The van der Waals surface area contributed by atoms with Gasteiger partial charge in [0.15, 0.2) is 0 Å². The number of benzene rings is 1. The maximum Gasteiger partial charge on any atom is 0.142 e. The molecule has 0 atom stereocenters. The zero-order chi connectivity index (χ0) is 13.5. The van der Waals surface area contributed by atoms with Gasteiger partial charge >= 0.3 is 0 Å². The number of phenolic OH excluding ortho intramolecular Hbond substituents is 1. The summed E-state index contributed by atoms with van der Waals surface area (Å²) in [6.07, 6.45) is 0. The van der Waals surface area contributed by atoms with Crippen molar-refractivity contribution >= 4 is 0 Å². The molecule has 18 heavy (non-hydrogen) atoms. The van der Waals surface area contributed by atoms with E-state index < -0.39 is 17.8 Å². The molecule has 0 heterocycles. The third kappa shape index (κ3) is 2.38. The summed E-state index contributed by atoms with van der Waals surface area (Å²) >= 11 is 0. The van der Waals surface area contributed by atoms with Crippen LogP contribution >= 0.6 is 0 Å². The highest BCUT2D eigenvalue weighted by Crippen LogP contribution is 2.36. The lowest BCUT2D eigenvalue weighted by Gasteiger charge is -2.19. The SMILES string of the molecule is N#CC(C#N)C(c1ccccc1O)C(C#N)C#N. The van der Waals surface area contributed by atoms with Crippen LogP contribution in [-0.2, 0) is 0 Å². The van der Waals surface area contributed by atoms with Gasteiger partial charge in [0.2, 0.25) is 0 Å². The van der Waals surface area contributed by atoms with Gasteiger partial charge in [-0.2, -0.15) is 21.0 Å². The van der Waals surface area contributed by atoms with E-state index in [0.29, 0.717) is 0 Å². The fourth-order valence-electron chi connectivity index (χ4n) is 1.70. The van der Waals surface area contributed by atoms with Crippen LogP contribution in [0.15, 0.2) is 24.3 Å². The Balaban J connectivity index is 3.37. The summed E-state index contributed by atoms with van der Waals surface area (Å²) in [5.74, 6) is -3.41. The van der Waals surface area contributed by atoms with E-state index in [1.807, 2.05) is 0 Å². The van der Waals surface area contributed by atoms with Crippen LogP contribution in [0.4, 0.5) is 0 Å². The number of aromatic hydroxyl groups is 1. The van der Waals surface area contributed by atoms with E-state index in [-0.39, 0.29) is 11.3 Å². The van der Waals surface area contributed by atoms with E-state index >= 15 is 0 Å². The van der Waals surface area contributed by atoms with Crippen molar-refractivity contribution in [3.05, 3.63) is 29.8 Å². The molecule has 0 amide bonds. The number of nitrogens with zero attached hydrogens (tertiary/aromatic N) is 4. The van der Waals surface area contributed by atoms with Crippen LogP contribution in [0, 0.1) is 57.2 Å². The second kappa shape index (κ2) is 5.90. The van der Waals surface area contributed by atoms with Crippen molar-refractivity contribution in [2.24, 2.45) is 11.8 Å². The van der Waals surface area contributed by atoms with Gasteiger partial charge in [-0.25, -0.2) is 0 Å². The molecule has 0 radical (unpaired) electrons. The van der Waals surface area contributed by atoms with Crippen LogP contribution in [0.5, 0.6) is 5.75 Å². The van der Waals surface area contributed by atoms with Gasteiger partial charge in [-0.05, 0) is 6.07 Å². The van der Waals surface area contributed by atoms with Gasteiger partial charge in [0.05, 0.1) is 24.3 Å². The molecular formula is C13H8N4O. The number of phenols is 1. The van der Waals surface area contributed by atoms with E-state index in [1.165, 1.54) is 12.1 Å². The van der Waals surface area contributed by atoms with Crippen molar-refractivity contribution in [1.82, 2.24) is 0 Å². The topological polar surface area (TPSA) is 115 Å². The lowest BCUT2D eigenvalue weighted by Crippen LogP contribution is -2.18. The predicted octanol–water partition coefficient (Wildman–Crippen LogP) is 1.80. The van der Waals surface area contributed by atoms with Crippen molar-refractivity contribution in [3.8, 4) is 30.0 Å². The fraction of sp³-hybridized carbons (Fsp3) is 0.231. The van der Waals surface area contributed by atoms with E-state index in [0.717, 1.165) is 0 Å². The number of hydrogen-bond acceptors (Lipinski definition) is 5. The number of para-hydroxylation sites is 1.